The second kappa shape index (κ2) is 7.93. The minimum Gasteiger partial charge on any atom is -0.486 e. The number of ether oxygens (including phenoxy) is 2. The molecule has 1 aromatic rings. The van der Waals surface area contributed by atoms with E-state index in [-0.39, 0.29) is 11.9 Å². The van der Waals surface area contributed by atoms with Gasteiger partial charge in [-0.15, -0.1) is 11.8 Å². The van der Waals surface area contributed by atoms with Crippen LogP contribution in [0.15, 0.2) is 23.1 Å². The van der Waals surface area contributed by atoms with Crippen LogP contribution in [0, 0.1) is 0 Å². The fourth-order valence-corrected chi connectivity index (χ4v) is 3.77. The van der Waals surface area contributed by atoms with Crippen molar-refractivity contribution in [1.82, 2.24) is 4.90 Å². The number of thioether (sulfide) groups is 1. The first-order valence-electron chi connectivity index (χ1n) is 8.28. The number of nitrogens with two attached hydrogens (primary N) is 1. The summed E-state index contributed by atoms with van der Waals surface area (Å²) in [5.74, 6) is 2.62. The number of carbonyl (C=O) groups is 1. The summed E-state index contributed by atoms with van der Waals surface area (Å²) in [5.41, 5.74) is 5.96. The normalized spacial score (nSPS) is 20.9. The number of likely N-dealkylation sites (tertiary alicyclic amines) is 1. The van der Waals surface area contributed by atoms with E-state index >= 15 is 0 Å². The largest absolute Gasteiger partial charge is 0.486 e. The number of amides is 1. The molecular weight excluding hydrogens is 312 g/mol. The molecule has 3 rings (SSSR count). The lowest BCUT2D eigenvalue weighted by Crippen LogP contribution is -2.33. The summed E-state index contributed by atoms with van der Waals surface area (Å²) >= 11 is 1.68. The zero-order chi connectivity index (χ0) is 16.1. The summed E-state index contributed by atoms with van der Waals surface area (Å²) in [6, 6.07) is 6.21. The highest BCUT2D eigenvalue weighted by Crippen LogP contribution is 2.34. The Kier molecular flexibility index (Phi) is 5.67. The van der Waals surface area contributed by atoms with Crippen LogP contribution in [-0.4, -0.2) is 48.9 Å². The van der Waals surface area contributed by atoms with Crippen LogP contribution in [0.2, 0.25) is 0 Å². The topological polar surface area (TPSA) is 64.8 Å². The number of benzene rings is 1. The maximum Gasteiger partial charge on any atom is 0.223 e. The van der Waals surface area contributed by atoms with Gasteiger partial charge in [0.2, 0.25) is 5.91 Å². The zero-order valence-corrected chi connectivity index (χ0v) is 14.1. The minimum atomic E-state index is 0.240. The van der Waals surface area contributed by atoms with E-state index in [0.717, 1.165) is 54.5 Å². The lowest BCUT2D eigenvalue weighted by Gasteiger charge is -2.20. The summed E-state index contributed by atoms with van der Waals surface area (Å²) in [7, 11) is 0. The molecule has 0 bridgehead atoms. The van der Waals surface area contributed by atoms with E-state index in [1.807, 2.05) is 23.1 Å². The number of hydrogen-bond acceptors (Lipinski definition) is 5. The molecule has 1 amide bonds. The maximum atomic E-state index is 12.3. The summed E-state index contributed by atoms with van der Waals surface area (Å²) < 4.78 is 11.1. The molecule has 0 unspecified atom stereocenters. The first-order valence-corrected chi connectivity index (χ1v) is 9.27. The number of fused-ring (bicyclic) bond motifs is 1. The predicted octanol–water partition coefficient (Wildman–Crippen LogP) is 2.28. The molecule has 1 aromatic carbocycles. The molecule has 0 aliphatic carbocycles. The molecule has 1 atom stereocenters. The molecule has 0 radical (unpaired) electrons. The lowest BCUT2D eigenvalue weighted by atomic mass is 10.1. The first kappa shape index (κ1) is 16.5. The predicted molar refractivity (Wildman–Crippen MR) is 91.2 cm³/mol. The molecular formula is C17H24N2O3S. The number of nitrogens with zero attached hydrogens (tertiary/aromatic N) is 1. The highest BCUT2D eigenvalue weighted by molar-refractivity contribution is 7.99. The van der Waals surface area contributed by atoms with Crippen LogP contribution >= 0.6 is 11.8 Å². The SMILES string of the molecule is N[C@@H]1CCCN(C(=O)CCSc2ccc3c(c2)OCCO3)CC1. The third-order valence-electron chi connectivity index (χ3n) is 4.22. The number of carbonyl (C=O) groups excluding carboxylic acids is 1. The van der Waals surface area contributed by atoms with Crippen molar-refractivity contribution in [2.24, 2.45) is 5.73 Å². The van der Waals surface area contributed by atoms with Gasteiger partial charge in [0.25, 0.3) is 0 Å². The molecule has 5 nitrogen and oxygen atoms in total. The van der Waals surface area contributed by atoms with Crippen LogP contribution in [-0.2, 0) is 4.79 Å². The molecule has 2 aliphatic rings. The average Bonchev–Trinajstić information content (AvgIpc) is 2.79. The molecule has 6 heteroatoms. The number of rotatable bonds is 4. The fraction of sp³-hybridized carbons (Fsp3) is 0.588. The Balaban J connectivity index is 1.46. The summed E-state index contributed by atoms with van der Waals surface area (Å²) in [6.45, 7) is 2.85. The van der Waals surface area contributed by atoms with E-state index < -0.39 is 0 Å². The van der Waals surface area contributed by atoms with Crippen molar-refractivity contribution in [3.8, 4) is 11.5 Å². The van der Waals surface area contributed by atoms with E-state index in [2.05, 4.69) is 0 Å². The molecule has 126 valence electrons. The van der Waals surface area contributed by atoms with Gasteiger partial charge in [-0.1, -0.05) is 0 Å². The minimum absolute atomic E-state index is 0.240. The van der Waals surface area contributed by atoms with Crippen LogP contribution in [0.4, 0.5) is 0 Å². The van der Waals surface area contributed by atoms with Gasteiger partial charge in [0.1, 0.15) is 13.2 Å². The van der Waals surface area contributed by atoms with Gasteiger partial charge in [0, 0.05) is 36.2 Å². The van der Waals surface area contributed by atoms with Crippen LogP contribution in [0.1, 0.15) is 25.7 Å². The van der Waals surface area contributed by atoms with Crippen LogP contribution in [0.5, 0.6) is 11.5 Å². The van der Waals surface area contributed by atoms with E-state index in [1.165, 1.54) is 0 Å². The van der Waals surface area contributed by atoms with Crippen molar-refractivity contribution < 1.29 is 14.3 Å². The third kappa shape index (κ3) is 4.54. The van der Waals surface area contributed by atoms with Gasteiger partial charge in [-0.3, -0.25) is 4.79 Å². The summed E-state index contributed by atoms with van der Waals surface area (Å²) in [4.78, 5) is 15.4. The monoisotopic (exact) mass is 336 g/mol. The standard InChI is InChI=1S/C17H24N2O3S/c18-13-2-1-7-19(8-5-13)17(20)6-11-23-14-3-4-15-16(12-14)22-10-9-21-15/h3-4,12-13H,1-2,5-11,18H2/t13-/m1/s1. The molecule has 1 saturated heterocycles. The number of hydrogen-bond donors (Lipinski definition) is 1. The van der Waals surface area contributed by atoms with Crippen LogP contribution in [0.3, 0.4) is 0 Å². The van der Waals surface area contributed by atoms with Crippen molar-refractivity contribution in [3.05, 3.63) is 18.2 Å². The second-order valence-electron chi connectivity index (χ2n) is 5.98. The fourth-order valence-electron chi connectivity index (χ4n) is 2.90. The quantitative estimate of drug-likeness (QED) is 0.855. The average molecular weight is 336 g/mol. The van der Waals surface area contributed by atoms with Gasteiger partial charge < -0.3 is 20.1 Å². The molecule has 2 aliphatic heterocycles. The van der Waals surface area contributed by atoms with E-state index in [4.69, 9.17) is 15.2 Å². The van der Waals surface area contributed by atoms with E-state index in [0.29, 0.717) is 19.6 Å². The van der Waals surface area contributed by atoms with Gasteiger partial charge in [0.15, 0.2) is 11.5 Å². The molecule has 2 heterocycles. The van der Waals surface area contributed by atoms with Gasteiger partial charge in [-0.25, -0.2) is 0 Å². The van der Waals surface area contributed by atoms with Crippen LogP contribution < -0.4 is 15.2 Å². The van der Waals surface area contributed by atoms with Gasteiger partial charge in [0.05, 0.1) is 0 Å². The molecule has 0 saturated carbocycles. The molecule has 0 aromatic heterocycles. The van der Waals surface area contributed by atoms with E-state index in [1.54, 1.807) is 11.8 Å². The van der Waals surface area contributed by atoms with Gasteiger partial charge in [-0.05, 0) is 37.5 Å². The molecule has 1 fully saturated rings. The Morgan fingerprint density at radius 2 is 2.04 bits per heavy atom. The Morgan fingerprint density at radius 3 is 2.91 bits per heavy atom. The first-order chi connectivity index (χ1) is 11.2. The summed E-state index contributed by atoms with van der Waals surface area (Å²) in [5, 5.41) is 0. The smallest absolute Gasteiger partial charge is 0.223 e. The van der Waals surface area contributed by atoms with Crippen molar-refractivity contribution >= 4 is 17.7 Å². The molecule has 2 N–H and O–H groups in total. The highest BCUT2D eigenvalue weighted by Gasteiger charge is 2.18. The van der Waals surface area contributed by atoms with Crippen molar-refractivity contribution in [1.29, 1.82) is 0 Å². The third-order valence-corrected chi connectivity index (χ3v) is 5.22. The van der Waals surface area contributed by atoms with E-state index in [9.17, 15) is 4.79 Å². The van der Waals surface area contributed by atoms with Crippen molar-refractivity contribution in [2.75, 3.05) is 32.1 Å². The van der Waals surface area contributed by atoms with Gasteiger partial charge >= 0.3 is 0 Å². The van der Waals surface area contributed by atoms with Crippen molar-refractivity contribution in [2.45, 2.75) is 36.6 Å². The summed E-state index contributed by atoms with van der Waals surface area (Å²) in [6.07, 6.45) is 3.52. The Labute approximate surface area is 141 Å². The Hall–Kier alpha value is -1.40. The highest BCUT2D eigenvalue weighted by atomic mass is 32.2. The van der Waals surface area contributed by atoms with Crippen molar-refractivity contribution in [3.63, 3.8) is 0 Å². The molecule has 23 heavy (non-hydrogen) atoms. The molecule has 0 spiro atoms. The zero-order valence-electron chi connectivity index (χ0n) is 13.3. The van der Waals surface area contributed by atoms with Gasteiger partial charge in [-0.2, -0.15) is 0 Å². The lowest BCUT2D eigenvalue weighted by molar-refractivity contribution is -0.130. The Morgan fingerprint density at radius 1 is 1.22 bits per heavy atom. The second-order valence-corrected chi connectivity index (χ2v) is 7.14. The van der Waals surface area contributed by atoms with Crippen LogP contribution in [0.25, 0.3) is 0 Å². The maximum absolute atomic E-state index is 12.3. The Bertz CT molecular complexity index is 553.